The monoisotopic (exact) mass is 214 g/mol. The Morgan fingerprint density at radius 2 is 2.27 bits per heavy atom. The van der Waals surface area contributed by atoms with Crippen LogP contribution in [-0.2, 0) is 9.47 Å². The van der Waals surface area contributed by atoms with Gasteiger partial charge in [0.25, 0.3) is 0 Å². The number of allylic oxidation sites excluding steroid dienone is 1. The van der Waals surface area contributed by atoms with Gasteiger partial charge in [0.05, 0.1) is 11.6 Å². The number of hydrogen-bond donors (Lipinski definition) is 2. The molecule has 0 aromatic heterocycles. The van der Waals surface area contributed by atoms with Gasteiger partial charge in [-0.25, -0.2) is 0 Å². The number of hydrazine groups is 1. The first-order valence-electron chi connectivity index (χ1n) is 5.49. The fraction of sp³-hybridized carbons (Fsp3) is 0.818. The van der Waals surface area contributed by atoms with Crippen LogP contribution in [0.15, 0.2) is 12.7 Å². The van der Waals surface area contributed by atoms with Crippen LogP contribution in [0.25, 0.3) is 0 Å². The molecule has 0 spiro atoms. The molecule has 0 aromatic rings. The summed E-state index contributed by atoms with van der Waals surface area (Å²) in [6.45, 7) is 5.23. The average Bonchev–Trinajstić information content (AvgIpc) is 2.31. The molecule has 0 amide bonds. The molecular formula is C11H22N2O2. The highest BCUT2D eigenvalue weighted by Gasteiger charge is 2.39. The van der Waals surface area contributed by atoms with E-state index in [2.05, 4.69) is 12.0 Å². The molecule has 1 aliphatic rings. The third kappa shape index (κ3) is 3.01. The Bertz CT molecular complexity index is 191. The van der Waals surface area contributed by atoms with Crippen molar-refractivity contribution < 1.29 is 9.47 Å². The second-order valence-corrected chi connectivity index (χ2v) is 3.97. The quantitative estimate of drug-likeness (QED) is 0.393. The highest BCUT2D eigenvalue weighted by atomic mass is 16.5. The third-order valence-corrected chi connectivity index (χ3v) is 3.24. The van der Waals surface area contributed by atoms with Crippen LogP contribution < -0.4 is 11.3 Å². The zero-order chi connectivity index (χ0) is 11.1. The van der Waals surface area contributed by atoms with Gasteiger partial charge < -0.3 is 9.47 Å². The molecule has 3 N–H and O–H groups in total. The lowest BCUT2D eigenvalue weighted by atomic mass is 9.84. The van der Waals surface area contributed by atoms with E-state index in [4.69, 9.17) is 15.3 Å². The maximum atomic E-state index is 5.67. The van der Waals surface area contributed by atoms with Crippen molar-refractivity contribution in [2.75, 3.05) is 20.3 Å². The van der Waals surface area contributed by atoms with E-state index >= 15 is 0 Å². The van der Waals surface area contributed by atoms with Crippen LogP contribution in [0.2, 0.25) is 0 Å². The summed E-state index contributed by atoms with van der Waals surface area (Å²) in [5, 5.41) is 0. The molecule has 0 saturated carbocycles. The van der Waals surface area contributed by atoms with Gasteiger partial charge in [0, 0.05) is 33.2 Å². The smallest absolute Gasteiger partial charge is 0.0888 e. The Hall–Kier alpha value is -0.420. The molecule has 1 atom stereocenters. The molecule has 1 fully saturated rings. The van der Waals surface area contributed by atoms with E-state index in [1.807, 2.05) is 6.08 Å². The predicted molar refractivity (Wildman–Crippen MR) is 60.3 cm³/mol. The van der Waals surface area contributed by atoms with Gasteiger partial charge >= 0.3 is 0 Å². The lowest BCUT2D eigenvalue weighted by molar-refractivity contribution is -0.111. The van der Waals surface area contributed by atoms with Crippen LogP contribution in [0.4, 0.5) is 0 Å². The highest BCUT2D eigenvalue weighted by Crippen LogP contribution is 2.30. The van der Waals surface area contributed by atoms with Gasteiger partial charge in [-0.3, -0.25) is 11.3 Å². The molecule has 15 heavy (non-hydrogen) atoms. The fourth-order valence-corrected chi connectivity index (χ4v) is 2.19. The molecule has 1 heterocycles. The van der Waals surface area contributed by atoms with E-state index in [9.17, 15) is 0 Å². The summed E-state index contributed by atoms with van der Waals surface area (Å²) in [7, 11) is 1.75. The molecular weight excluding hydrogens is 192 g/mol. The number of ether oxygens (including phenoxy) is 2. The van der Waals surface area contributed by atoms with Gasteiger partial charge in [0.1, 0.15) is 0 Å². The van der Waals surface area contributed by atoms with E-state index in [1.54, 1.807) is 7.11 Å². The van der Waals surface area contributed by atoms with Gasteiger partial charge in [-0.2, -0.15) is 0 Å². The minimum absolute atomic E-state index is 0.171. The van der Waals surface area contributed by atoms with Crippen molar-refractivity contribution in [2.45, 2.75) is 37.3 Å². The Labute approximate surface area is 91.8 Å². The summed E-state index contributed by atoms with van der Waals surface area (Å²) in [5.41, 5.74) is 2.70. The van der Waals surface area contributed by atoms with Gasteiger partial charge in [-0.15, -0.1) is 6.58 Å². The van der Waals surface area contributed by atoms with Crippen molar-refractivity contribution in [1.29, 1.82) is 0 Å². The predicted octanol–water partition coefficient (Wildman–Crippen LogP) is 0.980. The lowest BCUT2D eigenvalue weighted by Gasteiger charge is -2.42. The largest absolute Gasteiger partial charge is 0.381 e. The maximum Gasteiger partial charge on any atom is 0.0888 e. The Morgan fingerprint density at radius 1 is 1.60 bits per heavy atom. The van der Waals surface area contributed by atoms with E-state index < -0.39 is 0 Å². The van der Waals surface area contributed by atoms with Gasteiger partial charge in [0.2, 0.25) is 0 Å². The lowest BCUT2D eigenvalue weighted by Crippen LogP contribution is -2.56. The van der Waals surface area contributed by atoms with Crippen molar-refractivity contribution in [2.24, 2.45) is 5.84 Å². The summed E-state index contributed by atoms with van der Waals surface area (Å²) in [6, 6.07) is 0.171. The molecule has 0 radical (unpaired) electrons. The molecule has 4 nitrogen and oxygen atoms in total. The SMILES string of the molecule is C=CCCC(NN)C1(OC)CCOCC1. The van der Waals surface area contributed by atoms with Gasteiger partial charge in [0.15, 0.2) is 0 Å². The van der Waals surface area contributed by atoms with Crippen molar-refractivity contribution in [3.8, 4) is 0 Å². The first kappa shape index (κ1) is 12.6. The average molecular weight is 214 g/mol. The van der Waals surface area contributed by atoms with Crippen LogP contribution in [0.5, 0.6) is 0 Å². The number of rotatable bonds is 6. The Kier molecular flexibility index (Phi) is 5.25. The van der Waals surface area contributed by atoms with E-state index in [1.165, 1.54) is 0 Å². The first-order chi connectivity index (χ1) is 7.29. The number of nitrogens with two attached hydrogens (primary N) is 1. The summed E-state index contributed by atoms with van der Waals surface area (Å²) >= 11 is 0. The zero-order valence-electron chi connectivity index (χ0n) is 9.50. The fourth-order valence-electron chi connectivity index (χ4n) is 2.19. The van der Waals surface area contributed by atoms with Crippen LogP contribution >= 0.6 is 0 Å². The van der Waals surface area contributed by atoms with Crippen LogP contribution in [0.3, 0.4) is 0 Å². The number of hydrogen-bond acceptors (Lipinski definition) is 4. The van der Waals surface area contributed by atoms with Gasteiger partial charge in [-0.05, 0) is 12.8 Å². The van der Waals surface area contributed by atoms with Crippen molar-refractivity contribution >= 4 is 0 Å². The summed E-state index contributed by atoms with van der Waals surface area (Å²) in [6.07, 6.45) is 5.60. The molecule has 1 saturated heterocycles. The molecule has 1 aliphatic heterocycles. The number of nitrogens with one attached hydrogen (secondary N) is 1. The molecule has 1 rings (SSSR count). The Morgan fingerprint density at radius 3 is 2.73 bits per heavy atom. The molecule has 88 valence electrons. The second kappa shape index (κ2) is 6.23. The molecule has 1 unspecified atom stereocenters. The van der Waals surface area contributed by atoms with Crippen molar-refractivity contribution in [3.63, 3.8) is 0 Å². The van der Waals surface area contributed by atoms with Gasteiger partial charge in [-0.1, -0.05) is 6.08 Å². The number of methoxy groups -OCH3 is 1. The zero-order valence-corrected chi connectivity index (χ0v) is 9.50. The minimum Gasteiger partial charge on any atom is -0.381 e. The van der Waals surface area contributed by atoms with E-state index in [0.29, 0.717) is 0 Å². The van der Waals surface area contributed by atoms with Crippen LogP contribution in [-0.4, -0.2) is 32.0 Å². The van der Waals surface area contributed by atoms with E-state index in [0.717, 1.165) is 38.9 Å². The Balaban J connectivity index is 2.62. The molecule has 0 aliphatic carbocycles. The van der Waals surface area contributed by atoms with Crippen molar-refractivity contribution in [1.82, 2.24) is 5.43 Å². The standard InChI is InChI=1S/C11H22N2O2/c1-3-4-5-10(13-12)11(14-2)6-8-15-9-7-11/h3,10,13H,1,4-9,12H2,2H3. The van der Waals surface area contributed by atoms with Crippen LogP contribution in [0.1, 0.15) is 25.7 Å². The summed E-state index contributed by atoms with van der Waals surface area (Å²) < 4.78 is 11.0. The maximum absolute atomic E-state index is 5.67. The third-order valence-electron chi connectivity index (χ3n) is 3.24. The normalized spacial score (nSPS) is 22.3. The van der Waals surface area contributed by atoms with Crippen LogP contribution in [0, 0.1) is 0 Å². The molecule has 4 heteroatoms. The highest BCUT2D eigenvalue weighted by molar-refractivity contribution is 4.94. The summed E-state index contributed by atoms with van der Waals surface area (Å²) in [5.74, 6) is 5.60. The molecule has 0 aromatic carbocycles. The summed E-state index contributed by atoms with van der Waals surface area (Å²) in [4.78, 5) is 0. The topological polar surface area (TPSA) is 56.5 Å². The first-order valence-corrected chi connectivity index (χ1v) is 5.49. The minimum atomic E-state index is -0.171. The van der Waals surface area contributed by atoms with Crippen molar-refractivity contribution in [3.05, 3.63) is 12.7 Å². The van der Waals surface area contributed by atoms with E-state index in [-0.39, 0.29) is 11.6 Å². The molecule has 0 bridgehead atoms. The second-order valence-electron chi connectivity index (χ2n) is 3.97.